The molecule has 5 nitrogen and oxygen atoms in total. The zero-order valence-electron chi connectivity index (χ0n) is 16.3. The summed E-state index contributed by atoms with van der Waals surface area (Å²) in [5, 5.41) is 6.14. The lowest BCUT2D eigenvalue weighted by atomic mass is 9.86. The zero-order valence-corrected chi connectivity index (χ0v) is 17.1. The van der Waals surface area contributed by atoms with Crippen molar-refractivity contribution < 1.29 is 31.1 Å². The maximum Gasteiger partial charge on any atom is 0.453 e. The number of aromatic nitrogens is 3. The molecule has 0 saturated heterocycles. The van der Waals surface area contributed by atoms with Gasteiger partial charge in [-0.25, -0.2) is 9.67 Å². The molecule has 1 aliphatic rings. The van der Waals surface area contributed by atoms with Crippen molar-refractivity contribution in [2.24, 2.45) is 5.92 Å². The third-order valence-electron chi connectivity index (χ3n) is 5.26. The number of alkyl halides is 6. The average Bonchev–Trinajstić information content (AvgIpc) is 3.03. The molecule has 1 heterocycles. The number of amides is 1. The van der Waals surface area contributed by atoms with Gasteiger partial charge in [0.15, 0.2) is 0 Å². The highest BCUT2D eigenvalue weighted by atomic mass is 35.5. The van der Waals surface area contributed by atoms with Crippen LogP contribution < -0.4 is 5.32 Å². The first-order valence-corrected chi connectivity index (χ1v) is 9.88. The van der Waals surface area contributed by atoms with Crippen LogP contribution in [0.1, 0.15) is 53.3 Å². The number of nitrogens with zero attached hydrogens (tertiary/aromatic N) is 3. The summed E-state index contributed by atoms with van der Waals surface area (Å²) >= 11 is 5.90. The molecule has 1 saturated carbocycles. The minimum absolute atomic E-state index is 0.0479. The molecule has 0 aliphatic heterocycles. The standard InChI is InChI=1S/C19H19ClF6N4O/c1-10-27-17(19(24,25)26)29-30(10)9-11-2-5-13(6-3-11)28-16(31)14-8-12(18(21,22)23)4-7-15(14)20/h4,7-8,11,13H,2-3,5-6,9H2,1H3,(H,28,31). The Hall–Kier alpha value is -2.30. The van der Waals surface area contributed by atoms with Crippen molar-refractivity contribution in [3.05, 3.63) is 46.0 Å². The summed E-state index contributed by atoms with van der Waals surface area (Å²) in [5.41, 5.74) is -1.22. The van der Waals surface area contributed by atoms with Crippen LogP contribution in [0.15, 0.2) is 18.2 Å². The highest BCUT2D eigenvalue weighted by molar-refractivity contribution is 6.33. The Bertz CT molecular complexity index is 948. The second-order valence-electron chi connectivity index (χ2n) is 7.55. The molecular weight excluding hydrogens is 450 g/mol. The minimum Gasteiger partial charge on any atom is -0.349 e. The number of benzene rings is 1. The second kappa shape index (κ2) is 8.68. The molecular formula is C19H19ClF6N4O. The summed E-state index contributed by atoms with van der Waals surface area (Å²) in [5.74, 6) is -1.65. The first-order chi connectivity index (χ1) is 14.3. The third-order valence-corrected chi connectivity index (χ3v) is 5.59. The van der Waals surface area contributed by atoms with Gasteiger partial charge < -0.3 is 5.32 Å². The van der Waals surface area contributed by atoms with Crippen molar-refractivity contribution in [1.29, 1.82) is 0 Å². The first kappa shape index (κ1) is 23.4. The Balaban J connectivity index is 1.57. The molecule has 1 aliphatic carbocycles. The number of rotatable bonds is 4. The fraction of sp³-hybridized carbons (Fsp3) is 0.526. The van der Waals surface area contributed by atoms with Gasteiger partial charge in [0.05, 0.1) is 16.1 Å². The molecule has 0 bridgehead atoms. The normalized spacial score (nSPS) is 20.0. The summed E-state index contributed by atoms with van der Waals surface area (Å²) in [7, 11) is 0. The van der Waals surface area contributed by atoms with Crippen LogP contribution in [0.4, 0.5) is 26.3 Å². The van der Waals surface area contributed by atoms with Gasteiger partial charge in [0.1, 0.15) is 5.82 Å². The lowest BCUT2D eigenvalue weighted by Crippen LogP contribution is -2.38. The molecule has 3 rings (SSSR count). The molecule has 1 N–H and O–H groups in total. The van der Waals surface area contributed by atoms with Crippen molar-refractivity contribution in [2.45, 2.75) is 57.5 Å². The van der Waals surface area contributed by atoms with Crippen molar-refractivity contribution in [3.8, 4) is 0 Å². The Morgan fingerprint density at radius 1 is 1.13 bits per heavy atom. The monoisotopic (exact) mass is 468 g/mol. The summed E-state index contributed by atoms with van der Waals surface area (Å²) in [6.07, 6.45) is -6.91. The molecule has 170 valence electrons. The summed E-state index contributed by atoms with van der Waals surface area (Å²) in [6, 6.07) is 2.29. The smallest absolute Gasteiger partial charge is 0.349 e. The molecule has 1 amide bonds. The SMILES string of the molecule is Cc1nc(C(F)(F)F)nn1CC1CCC(NC(=O)c2cc(C(F)(F)F)ccc2Cl)CC1. The second-order valence-corrected chi connectivity index (χ2v) is 7.95. The van der Waals surface area contributed by atoms with E-state index in [0.29, 0.717) is 25.7 Å². The summed E-state index contributed by atoms with van der Waals surface area (Å²) in [4.78, 5) is 15.9. The largest absolute Gasteiger partial charge is 0.453 e. The molecule has 31 heavy (non-hydrogen) atoms. The molecule has 1 aromatic carbocycles. The van der Waals surface area contributed by atoms with E-state index in [1.165, 1.54) is 11.6 Å². The Morgan fingerprint density at radius 2 is 1.77 bits per heavy atom. The number of hydrogen-bond donors (Lipinski definition) is 1. The molecule has 0 unspecified atom stereocenters. The van der Waals surface area contributed by atoms with Crippen LogP contribution in [-0.2, 0) is 18.9 Å². The third kappa shape index (κ3) is 5.69. The number of hydrogen-bond acceptors (Lipinski definition) is 3. The van der Waals surface area contributed by atoms with E-state index in [-0.39, 0.29) is 34.9 Å². The number of halogens is 7. The number of nitrogens with one attached hydrogen (secondary N) is 1. The van der Waals surface area contributed by atoms with Gasteiger partial charge in [0.25, 0.3) is 11.7 Å². The fourth-order valence-electron chi connectivity index (χ4n) is 3.59. The predicted molar refractivity (Wildman–Crippen MR) is 99.4 cm³/mol. The quantitative estimate of drug-likeness (QED) is 0.622. The van der Waals surface area contributed by atoms with E-state index in [4.69, 9.17) is 11.6 Å². The van der Waals surface area contributed by atoms with Gasteiger partial charge in [-0.15, -0.1) is 5.10 Å². The van der Waals surface area contributed by atoms with Crippen LogP contribution >= 0.6 is 11.6 Å². The zero-order chi connectivity index (χ0) is 23.0. The van der Waals surface area contributed by atoms with Crippen molar-refractivity contribution in [1.82, 2.24) is 20.1 Å². The van der Waals surface area contributed by atoms with Gasteiger partial charge in [0, 0.05) is 12.6 Å². The van der Waals surface area contributed by atoms with Crippen LogP contribution in [-0.4, -0.2) is 26.7 Å². The van der Waals surface area contributed by atoms with Crippen molar-refractivity contribution >= 4 is 17.5 Å². The maximum absolute atomic E-state index is 12.9. The van der Waals surface area contributed by atoms with E-state index in [9.17, 15) is 31.1 Å². The van der Waals surface area contributed by atoms with Crippen LogP contribution in [0, 0.1) is 12.8 Å². The molecule has 1 fully saturated rings. The maximum atomic E-state index is 12.9. The van der Waals surface area contributed by atoms with E-state index in [2.05, 4.69) is 15.4 Å². The van der Waals surface area contributed by atoms with Crippen LogP contribution in [0.3, 0.4) is 0 Å². The van der Waals surface area contributed by atoms with Gasteiger partial charge in [-0.2, -0.15) is 26.3 Å². The van der Waals surface area contributed by atoms with E-state index in [1.54, 1.807) is 0 Å². The molecule has 12 heteroatoms. The highest BCUT2D eigenvalue weighted by Crippen LogP contribution is 2.32. The summed E-state index contributed by atoms with van der Waals surface area (Å²) < 4.78 is 78.1. The Morgan fingerprint density at radius 3 is 2.32 bits per heavy atom. The minimum atomic E-state index is -4.61. The van der Waals surface area contributed by atoms with E-state index < -0.39 is 29.6 Å². The fourth-order valence-corrected chi connectivity index (χ4v) is 3.79. The average molecular weight is 469 g/mol. The highest BCUT2D eigenvalue weighted by Gasteiger charge is 2.37. The van der Waals surface area contributed by atoms with Crippen LogP contribution in [0.25, 0.3) is 0 Å². The predicted octanol–water partition coefficient (Wildman–Crippen LogP) is 5.27. The van der Waals surface area contributed by atoms with E-state index >= 15 is 0 Å². The van der Waals surface area contributed by atoms with Gasteiger partial charge in [0.2, 0.25) is 0 Å². The number of carbonyl (C=O) groups excluding carboxylic acids is 1. The Labute approximate surface area is 178 Å². The lowest BCUT2D eigenvalue weighted by molar-refractivity contribution is -0.145. The van der Waals surface area contributed by atoms with Crippen LogP contribution in [0.5, 0.6) is 0 Å². The van der Waals surface area contributed by atoms with Gasteiger partial charge in [-0.1, -0.05) is 11.6 Å². The van der Waals surface area contributed by atoms with Gasteiger partial charge in [-0.05, 0) is 56.7 Å². The number of carbonyl (C=O) groups is 1. The van der Waals surface area contributed by atoms with Crippen molar-refractivity contribution in [2.75, 3.05) is 0 Å². The van der Waals surface area contributed by atoms with E-state index in [1.807, 2.05) is 0 Å². The van der Waals surface area contributed by atoms with Crippen molar-refractivity contribution in [3.63, 3.8) is 0 Å². The lowest BCUT2D eigenvalue weighted by Gasteiger charge is -2.29. The molecule has 0 atom stereocenters. The number of aryl methyl sites for hydroxylation is 1. The summed E-state index contributed by atoms with van der Waals surface area (Å²) in [6.45, 7) is 1.72. The topological polar surface area (TPSA) is 59.8 Å². The Kier molecular flexibility index (Phi) is 6.54. The molecule has 0 radical (unpaired) electrons. The molecule has 1 aromatic heterocycles. The van der Waals surface area contributed by atoms with Crippen LogP contribution in [0.2, 0.25) is 5.02 Å². The molecule has 2 aromatic rings. The molecule has 0 spiro atoms. The van der Waals surface area contributed by atoms with E-state index in [0.717, 1.165) is 18.2 Å². The van der Waals surface area contributed by atoms with Gasteiger partial charge in [-0.3, -0.25) is 4.79 Å². The van der Waals surface area contributed by atoms with Gasteiger partial charge >= 0.3 is 12.4 Å². The first-order valence-electron chi connectivity index (χ1n) is 9.51.